The molecule has 18 heavy (non-hydrogen) atoms. The molecule has 0 bridgehead atoms. The Hall–Kier alpha value is -0.430. The number of aliphatic hydroxyl groups excluding tert-OH is 1. The molecule has 0 amide bonds. The van der Waals surface area contributed by atoms with Gasteiger partial charge in [-0.05, 0) is 30.7 Å². The molecule has 0 unspecified atom stereocenters. The van der Waals surface area contributed by atoms with Gasteiger partial charge in [0.05, 0.1) is 16.8 Å². The van der Waals surface area contributed by atoms with Crippen molar-refractivity contribution in [1.82, 2.24) is 4.90 Å². The molecule has 0 aromatic heterocycles. The maximum absolute atomic E-state index is 12.1. The standard InChI is InChI=1S/C12H16BrNO3S/c13-10-1-3-12(4-2-10)18(16,17)8-7-14-6-5-11(15)9-14/h1-4,11,15H,5-9H2/t11-/m1/s1. The zero-order chi connectivity index (χ0) is 13.2. The van der Waals surface area contributed by atoms with Gasteiger partial charge in [-0.1, -0.05) is 15.9 Å². The van der Waals surface area contributed by atoms with Crippen molar-refractivity contribution in [2.45, 2.75) is 17.4 Å². The first-order valence-corrected chi connectivity index (χ1v) is 8.31. The monoisotopic (exact) mass is 333 g/mol. The lowest BCUT2D eigenvalue weighted by atomic mass is 10.3. The van der Waals surface area contributed by atoms with Crippen molar-refractivity contribution in [3.63, 3.8) is 0 Å². The summed E-state index contributed by atoms with van der Waals surface area (Å²) in [6.45, 7) is 1.84. The lowest BCUT2D eigenvalue weighted by Gasteiger charge is -2.14. The minimum absolute atomic E-state index is 0.0986. The summed E-state index contributed by atoms with van der Waals surface area (Å²) in [5.74, 6) is 0.0986. The summed E-state index contributed by atoms with van der Waals surface area (Å²) in [6, 6.07) is 6.68. The molecular weight excluding hydrogens is 318 g/mol. The molecule has 6 heteroatoms. The van der Waals surface area contributed by atoms with Crippen LogP contribution in [0.5, 0.6) is 0 Å². The first kappa shape index (κ1) is 14.0. The summed E-state index contributed by atoms with van der Waals surface area (Å²) in [6.07, 6.45) is 0.429. The van der Waals surface area contributed by atoms with E-state index in [2.05, 4.69) is 15.9 Å². The smallest absolute Gasteiger partial charge is 0.179 e. The quantitative estimate of drug-likeness (QED) is 0.902. The molecule has 1 N–H and O–H groups in total. The zero-order valence-electron chi connectivity index (χ0n) is 9.92. The van der Waals surface area contributed by atoms with Crippen LogP contribution in [0.1, 0.15) is 6.42 Å². The second kappa shape index (κ2) is 5.69. The van der Waals surface area contributed by atoms with Crippen molar-refractivity contribution < 1.29 is 13.5 Å². The number of hydrogen-bond donors (Lipinski definition) is 1. The minimum atomic E-state index is -3.23. The fourth-order valence-electron chi connectivity index (χ4n) is 2.02. The lowest BCUT2D eigenvalue weighted by molar-refractivity contribution is 0.178. The average Bonchev–Trinajstić information content (AvgIpc) is 2.73. The Morgan fingerprint density at radius 3 is 2.56 bits per heavy atom. The van der Waals surface area contributed by atoms with Gasteiger partial charge in [0.1, 0.15) is 0 Å². The number of sulfone groups is 1. The molecule has 1 aromatic rings. The zero-order valence-corrected chi connectivity index (χ0v) is 12.3. The molecule has 1 atom stereocenters. The highest BCUT2D eigenvalue weighted by Gasteiger charge is 2.22. The minimum Gasteiger partial charge on any atom is -0.392 e. The molecule has 100 valence electrons. The SMILES string of the molecule is O=S(=O)(CCN1CC[C@@H](O)C1)c1ccc(Br)cc1. The highest BCUT2D eigenvalue weighted by molar-refractivity contribution is 9.10. The molecule has 1 heterocycles. The van der Waals surface area contributed by atoms with Gasteiger partial charge in [-0.15, -0.1) is 0 Å². The molecule has 0 aliphatic carbocycles. The van der Waals surface area contributed by atoms with Crippen LogP contribution in [0.3, 0.4) is 0 Å². The van der Waals surface area contributed by atoms with Crippen LogP contribution in [-0.2, 0) is 9.84 Å². The van der Waals surface area contributed by atoms with E-state index in [1.807, 2.05) is 4.90 Å². The van der Waals surface area contributed by atoms with Gasteiger partial charge in [0, 0.05) is 24.1 Å². The van der Waals surface area contributed by atoms with E-state index in [9.17, 15) is 13.5 Å². The van der Waals surface area contributed by atoms with Crippen LogP contribution in [0.2, 0.25) is 0 Å². The predicted molar refractivity (Wildman–Crippen MR) is 73.3 cm³/mol. The molecule has 1 aromatic carbocycles. The first-order valence-electron chi connectivity index (χ1n) is 5.86. The largest absolute Gasteiger partial charge is 0.392 e. The fraction of sp³-hybridized carbons (Fsp3) is 0.500. The van der Waals surface area contributed by atoms with E-state index in [-0.39, 0.29) is 11.9 Å². The number of benzene rings is 1. The number of nitrogens with zero attached hydrogens (tertiary/aromatic N) is 1. The molecule has 0 spiro atoms. The Labute approximate surface area is 116 Å². The van der Waals surface area contributed by atoms with E-state index in [1.54, 1.807) is 24.3 Å². The normalized spacial score (nSPS) is 21.3. The van der Waals surface area contributed by atoms with Gasteiger partial charge in [0.15, 0.2) is 9.84 Å². The van der Waals surface area contributed by atoms with E-state index in [4.69, 9.17) is 0 Å². The Kier molecular flexibility index (Phi) is 4.42. The number of aliphatic hydroxyl groups is 1. The van der Waals surface area contributed by atoms with Crippen molar-refractivity contribution >= 4 is 25.8 Å². The molecule has 1 fully saturated rings. The van der Waals surface area contributed by atoms with E-state index in [0.717, 1.165) is 17.4 Å². The number of hydrogen-bond acceptors (Lipinski definition) is 4. The highest BCUT2D eigenvalue weighted by Crippen LogP contribution is 2.17. The van der Waals surface area contributed by atoms with Crippen LogP contribution in [0.4, 0.5) is 0 Å². The second-order valence-electron chi connectivity index (χ2n) is 4.52. The van der Waals surface area contributed by atoms with Crippen LogP contribution >= 0.6 is 15.9 Å². The Bertz CT molecular complexity index is 501. The Morgan fingerprint density at radius 1 is 1.33 bits per heavy atom. The number of likely N-dealkylation sites (tertiary alicyclic amines) is 1. The van der Waals surface area contributed by atoms with Crippen LogP contribution in [0.15, 0.2) is 33.6 Å². The summed E-state index contributed by atoms with van der Waals surface area (Å²) in [5.41, 5.74) is 0. The Morgan fingerprint density at radius 2 is 2.00 bits per heavy atom. The average molecular weight is 334 g/mol. The second-order valence-corrected chi connectivity index (χ2v) is 7.54. The lowest BCUT2D eigenvalue weighted by Crippen LogP contribution is -2.28. The van der Waals surface area contributed by atoms with Gasteiger partial charge >= 0.3 is 0 Å². The van der Waals surface area contributed by atoms with Gasteiger partial charge < -0.3 is 5.11 Å². The van der Waals surface area contributed by atoms with Gasteiger partial charge in [0.2, 0.25) is 0 Å². The molecule has 4 nitrogen and oxygen atoms in total. The molecule has 0 radical (unpaired) electrons. The van der Waals surface area contributed by atoms with Gasteiger partial charge in [-0.2, -0.15) is 0 Å². The highest BCUT2D eigenvalue weighted by atomic mass is 79.9. The summed E-state index contributed by atoms with van der Waals surface area (Å²) >= 11 is 3.28. The van der Waals surface area contributed by atoms with Gasteiger partial charge in [-0.3, -0.25) is 4.90 Å². The summed E-state index contributed by atoms with van der Waals surface area (Å²) in [4.78, 5) is 2.34. The molecule has 0 saturated carbocycles. The molecule has 1 aliphatic heterocycles. The summed E-state index contributed by atoms with van der Waals surface area (Å²) in [7, 11) is -3.23. The van der Waals surface area contributed by atoms with Crippen LogP contribution < -0.4 is 0 Å². The third kappa shape index (κ3) is 3.54. The topological polar surface area (TPSA) is 57.6 Å². The summed E-state index contributed by atoms with van der Waals surface area (Å²) < 4.78 is 25.0. The van der Waals surface area contributed by atoms with Crippen LogP contribution in [-0.4, -0.2) is 49.9 Å². The van der Waals surface area contributed by atoms with Gasteiger partial charge in [0.25, 0.3) is 0 Å². The third-order valence-corrected chi connectivity index (χ3v) is 5.34. The fourth-order valence-corrected chi connectivity index (χ4v) is 3.57. The van der Waals surface area contributed by atoms with E-state index < -0.39 is 9.84 Å². The van der Waals surface area contributed by atoms with Crippen molar-refractivity contribution in [3.8, 4) is 0 Å². The van der Waals surface area contributed by atoms with E-state index in [1.165, 1.54) is 0 Å². The molecule has 1 aliphatic rings. The molecule has 1 saturated heterocycles. The number of rotatable bonds is 4. The number of β-amino-alcohol motifs (C(OH)–C–C–N with tert-alkyl or cyclic N) is 1. The number of halogens is 1. The molecule has 2 rings (SSSR count). The maximum Gasteiger partial charge on any atom is 0.179 e. The van der Waals surface area contributed by atoms with Crippen molar-refractivity contribution in [2.75, 3.05) is 25.4 Å². The summed E-state index contributed by atoms with van der Waals surface area (Å²) in [5, 5.41) is 9.38. The van der Waals surface area contributed by atoms with Crippen molar-refractivity contribution in [2.24, 2.45) is 0 Å². The van der Waals surface area contributed by atoms with Gasteiger partial charge in [-0.25, -0.2) is 8.42 Å². The van der Waals surface area contributed by atoms with Crippen molar-refractivity contribution in [1.29, 1.82) is 0 Å². The maximum atomic E-state index is 12.1. The van der Waals surface area contributed by atoms with Crippen LogP contribution in [0, 0.1) is 0 Å². The Balaban J connectivity index is 1.97. The van der Waals surface area contributed by atoms with Crippen LogP contribution in [0.25, 0.3) is 0 Å². The van der Waals surface area contributed by atoms with Crippen molar-refractivity contribution in [3.05, 3.63) is 28.7 Å². The van der Waals surface area contributed by atoms with E-state index in [0.29, 0.717) is 18.0 Å². The first-order chi connectivity index (χ1) is 8.47. The predicted octanol–water partition coefficient (Wildman–Crippen LogP) is 1.29. The third-order valence-electron chi connectivity index (χ3n) is 3.10. The van der Waals surface area contributed by atoms with E-state index >= 15 is 0 Å². The molecular formula is C12H16BrNO3S.